The molecular weight excluding hydrogens is 354 g/mol. The van der Waals surface area contributed by atoms with Gasteiger partial charge in [-0.15, -0.1) is 0 Å². The van der Waals surface area contributed by atoms with Crippen molar-refractivity contribution >= 4 is 17.9 Å². The molecule has 3 aliphatic rings. The number of hydrogen-bond donors (Lipinski definition) is 2. The Balaban J connectivity index is 1.38. The number of aliphatic imine (C=N–C) groups is 1. The Morgan fingerprint density at radius 2 is 2.07 bits per heavy atom. The van der Waals surface area contributed by atoms with Gasteiger partial charge in [0.2, 0.25) is 5.91 Å². The quantitative estimate of drug-likeness (QED) is 0.835. The minimum Gasteiger partial charge on any atom is -0.369 e. The zero-order chi connectivity index (χ0) is 19.9. The predicted molar refractivity (Wildman–Crippen MR) is 108 cm³/mol. The highest BCUT2D eigenvalue weighted by atomic mass is 16.2. The molecule has 0 radical (unpaired) electrons. The predicted octanol–water partition coefficient (Wildman–Crippen LogP) is 1.90. The van der Waals surface area contributed by atoms with Crippen molar-refractivity contribution in [2.75, 3.05) is 20.1 Å². The highest BCUT2D eigenvalue weighted by molar-refractivity contribution is 5.98. The fourth-order valence-corrected chi connectivity index (χ4v) is 4.51. The summed E-state index contributed by atoms with van der Waals surface area (Å²) < 4.78 is 0. The first-order chi connectivity index (χ1) is 13.4. The number of likely N-dealkylation sites (tertiary alicyclic amines) is 1. The maximum atomic E-state index is 12.8. The van der Waals surface area contributed by atoms with E-state index in [1.54, 1.807) is 7.05 Å². The van der Waals surface area contributed by atoms with Crippen molar-refractivity contribution in [3.8, 4) is 0 Å². The number of nitrogens with two attached hydrogens (primary N) is 1. The Bertz CT molecular complexity index is 795. The third-order valence-electron chi connectivity index (χ3n) is 6.51. The standard InChI is InChI=1S/C21H29N5O2/c1-21(12-18(27)25(2)19(22)24-21)15-9-6-10-26(13-15)20(28)23-17-11-16(17)14-7-4-3-5-8-14/h3-5,7-8,15-17H,6,9-13H2,1-2H3,(H2,22,24)(H,23,28)/t15?,16-,17?,21-/m0/s1. The van der Waals surface area contributed by atoms with Crippen LogP contribution < -0.4 is 11.1 Å². The van der Waals surface area contributed by atoms with Crippen LogP contribution in [0.5, 0.6) is 0 Å². The van der Waals surface area contributed by atoms with Gasteiger partial charge in [-0.1, -0.05) is 30.3 Å². The van der Waals surface area contributed by atoms with Gasteiger partial charge in [0.1, 0.15) is 0 Å². The monoisotopic (exact) mass is 383 g/mol. The summed E-state index contributed by atoms with van der Waals surface area (Å²) in [6.07, 6.45) is 3.19. The van der Waals surface area contributed by atoms with E-state index in [2.05, 4.69) is 22.4 Å². The molecule has 2 fully saturated rings. The molecule has 2 aliphatic heterocycles. The van der Waals surface area contributed by atoms with Crippen molar-refractivity contribution in [2.45, 2.75) is 50.1 Å². The lowest BCUT2D eigenvalue weighted by Crippen LogP contribution is -2.55. The van der Waals surface area contributed by atoms with Crippen molar-refractivity contribution in [1.29, 1.82) is 0 Å². The number of guanidine groups is 1. The largest absolute Gasteiger partial charge is 0.369 e. The van der Waals surface area contributed by atoms with E-state index in [-0.39, 0.29) is 29.9 Å². The molecule has 1 aromatic carbocycles. The molecule has 2 unspecified atom stereocenters. The number of carbonyl (C=O) groups excluding carboxylic acids is 2. The topological polar surface area (TPSA) is 91.0 Å². The lowest BCUT2D eigenvalue weighted by Gasteiger charge is -2.43. The average Bonchev–Trinajstić information content (AvgIpc) is 3.46. The van der Waals surface area contributed by atoms with Gasteiger partial charge >= 0.3 is 6.03 Å². The Morgan fingerprint density at radius 3 is 2.79 bits per heavy atom. The Hall–Kier alpha value is -2.57. The third-order valence-corrected chi connectivity index (χ3v) is 6.51. The number of amides is 3. The highest BCUT2D eigenvalue weighted by Gasteiger charge is 2.44. The van der Waals surface area contributed by atoms with E-state index in [9.17, 15) is 9.59 Å². The van der Waals surface area contributed by atoms with E-state index < -0.39 is 5.54 Å². The second-order valence-electron chi connectivity index (χ2n) is 8.55. The van der Waals surface area contributed by atoms with Gasteiger partial charge in [0.15, 0.2) is 5.96 Å². The van der Waals surface area contributed by atoms with Gasteiger partial charge in [-0.2, -0.15) is 0 Å². The zero-order valence-electron chi connectivity index (χ0n) is 16.6. The number of nitrogens with zero attached hydrogens (tertiary/aromatic N) is 3. The highest BCUT2D eigenvalue weighted by Crippen LogP contribution is 2.41. The summed E-state index contributed by atoms with van der Waals surface area (Å²) in [5.74, 6) is 0.802. The normalized spacial score (nSPS) is 32.7. The molecule has 0 spiro atoms. The molecule has 1 aromatic rings. The smallest absolute Gasteiger partial charge is 0.317 e. The van der Waals surface area contributed by atoms with Crippen molar-refractivity contribution in [3.05, 3.63) is 35.9 Å². The molecule has 2 heterocycles. The SMILES string of the molecule is CN1C(=O)C[C@@](C)(C2CCCN(C(=O)NC3C[C@H]3c3ccccc3)C2)N=C1N. The number of benzene rings is 1. The Morgan fingerprint density at radius 1 is 1.32 bits per heavy atom. The molecule has 1 saturated heterocycles. The van der Waals surface area contributed by atoms with Crippen LogP contribution in [0.4, 0.5) is 4.79 Å². The van der Waals surface area contributed by atoms with E-state index in [0.29, 0.717) is 18.9 Å². The van der Waals surface area contributed by atoms with Crippen LogP contribution in [-0.2, 0) is 4.79 Å². The first-order valence-corrected chi connectivity index (χ1v) is 10.1. The molecule has 150 valence electrons. The maximum Gasteiger partial charge on any atom is 0.317 e. The summed E-state index contributed by atoms with van der Waals surface area (Å²) in [4.78, 5) is 33.0. The van der Waals surface area contributed by atoms with E-state index in [4.69, 9.17) is 5.73 Å². The first-order valence-electron chi connectivity index (χ1n) is 10.1. The van der Waals surface area contributed by atoms with Crippen molar-refractivity contribution in [2.24, 2.45) is 16.6 Å². The van der Waals surface area contributed by atoms with E-state index in [1.165, 1.54) is 10.5 Å². The fourth-order valence-electron chi connectivity index (χ4n) is 4.51. The van der Waals surface area contributed by atoms with E-state index in [0.717, 1.165) is 25.8 Å². The molecule has 0 aromatic heterocycles. The molecule has 28 heavy (non-hydrogen) atoms. The first kappa shape index (κ1) is 18.8. The van der Waals surface area contributed by atoms with Crippen molar-refractivity contribution in [1.82, 2.24) is 15.1 Å². The summed E-state index contributed by atoms with van der Waals surface area (Å²) in [5.41, 5.74) is 6.69. The van der Waals surface area contributed by atoms with Crippen LogP contribution in [0.1, 0.15) is 44.1 Å². The van der Waals surface area contributed by atoms with Crippen molar-refractivity contribution in [3.63, 3.8) is 0 Å². The lowest BCUT2D eigenvalue weighted by atomic mass is 9.77. The second kappa shape index (κ2) is 7.11. The molecule has 7 heteroatoms. The van der Waals surface area contributed by atoms with Gasteiger partial charge in [-0.3, -0.25) is 9.69 Å². The summed E-state index contributed by atoms with van der Waals surface area (Å²) in [6.45, 7) is 3.34. The summed E-state index contributed by atoms with van der Waals surface area (Å²) in [5, 5.41) is 3.18. The van der Waals surface area contributed by atoms with Crippen LogP contribution >= 0.6 is 0 Å². The molecular formula is C21H29N5O2. The molecule has 1 saturated carbocycles. The number of nitrogens with one attached hydrogen (secondary N) is 1. The summed E-state index contributed by atoms with van der Waals surface area (Å²) >= 11 is 0. The maximum absolute atomic E-state index is 12.8. The minimum absolute atomic E-state index is 0.00654. The van der Waals surface area contributed by atoms with Gasteiger partial charge < -0.3 is 16.0 Å². The molecule has 4 rings (SSSR count). The van der Waals surface area contributed by atoms with Gasteiger partial charge in [0, 0.05) is 38.0 Å². The fraction of sp³-hybridized carbons (Fsp3) is 0.571. The Kier molecular flexibility index (Phi) is 4.77. The average molecular weight is 383 g/mol. The zero-order valence-corrected chi connectivity index (χ0v) is 16.6. The van der Waals surface area contributed by atoms with Gasteiger partial charge in [-0.25, -0.2) is 9.79 Å². The van der Waals surface area contributed by atoms with Gasteiger partial charge in [-0.05, 0) is 31.7 Å². The summed E-state index contributed by atoms with van der Waals surface area (Å²) in [6, 6.07) is 10.5. The molecule has 1 aliphatic carbocycles. The molecule has 0 bridgehead atoms. The molecule has 4 atom stereocenters. The minimum atomic E-state index is -0.543. The lowest BCUT2D eigenvalue weighted by molar-refractivity contribution is -0.129. The van der Waals surface area contributed by atoms with Crippen molar-refractivity contribution < 1.29 is 9.59 Å². The molecule has 7 nitrogen and oxygen atoms in total. The summed E-state index contributed by atoms with van der Waals surface area (Å²) in [7, 11) is 1.65. The van der Waals surface area contributed by atoms with E-state index in [1.807, 2.05) is 30.0 Å². The van der Waals surface area contributed by atoms with Gasteiger partial charge in [0.05, 0.1) is 12.0 Å². The Labute approximate surface area is 166 Å². The van der Waals surface area contributed by atoms with Crippen LogP contribution in [0, 0.1) is 5.92 Å². The van der Waals surface area contributed by atoms with Gasteiger partial charge in [0.25, 0.3) is 0 Å². The van der Waals surface area contributed by atoms with Crippen LogP contribution in [0.25, 0.3) is 0 Å². The second-order valence-corrected chi connectivity index (χ2v) is 8.55. The molecule has 3 amide bonds. The van der Waals surface area contributed by atoms with Crippen LogP contribution in [-0.4, -0.2) is 59.4 Å². The number of piperidine rings is 1. The number of rotatable bonds is 3. The molecule has 3 N–H and O–H groups in total. The van der Waals surface area contributed by atoms with Crippen LogP contribution in [0.15, 0.2) is 35.3 Å². The van der Waals surface area contributed by atoms with Crippen LogP contribution in [0.2, 0.25) is 0 Å². The number of urea groups is 1. The van der Waals surface area contributed by atoms with Crippen LogP contribution in [0.3, 0.4) is 0 Å². The van der Waals surface area contributed by atoms with E-state index >= 15 is 0 Å². The number of hydrogen-bond acceptors (Lipinski definition) is 4. The third kappa shape index (κ3) is 3.57. The number of carbonyl (C=O) groups is 2.